The van der Waals surface area contributed by atoms with Crippen molar-refractivity contribution in [2.24, 2.45) is 0 Å². The molecule has 0 amide bonds. The molecule has 1 fully saturated rings. The van der Waals surface area contributed by atoms with Crippen LogP contribution in [-0.2, 0) is 4.74 Å². The molecular formula is C16H19N5O. The van der Waals surface area contributed by atoms with Gasteiger partial charge in [0.05, 0.1) is 29.7 Å². The standard InChI is InChI=1S/C16H19N5O/c1-10-11(2)20-16(19-10)15-6-14(22-3)9-21(15)13-5-4-12(7-17)18-8-13/h4-5,8,14-15H,6,9H2,1-3H3,(H,19,20)/t14-,15+/m1/s1. The Bertz CT molecular complexity index is 681. The van der Waals surface area contributed by atoms with Crippen LogP contribution in [0.5, 0.6) is 0 Å². The predicted octanol–water partition coefficient (Wildman–Crippen LogP) is 2.26. The second kappa shape index (κ2) is 5.78. The normalized spacial score (nSPS) is 21.1. The highest BCUT2D eigenvalue weighted by molar-refractivity contribution is 5.49. The highest BCUT2D eigenvalue weighted by atomic mass is 16.5. The van der Waals surface area contributed by atoms with Gasteiger partial charge in [-0.2, -0.15) is 5.26 Å². The van der Waals surface area contributed by atoms with Gasteiger partial charge >= 0.3 is 0 Å². The topological polar surface area (TPSA) is 77.8 Å². The van der Waals surface area contributed by atoms with E-state index in [1.807, 2.05) is 26.0 Å². The number of nitriles is 1. The molecular weight excluding hydrogens is 278 g/mol. The van der Waals surface area contributed by atoms with Crippen molar-refractivity contribution in [1.82, 2.24) is 15.0 Å². The summed E-state index contributed by atoms with van der Waals surface area (Å²) in [6.07, 6.45) is 2.78. The van der Waals surface area contributed by atoms with Gasteiger partial charge in [0.1, 0.15) is 17.6 Å². The molecule has 0 saturated carbocycles. The molecule has 1 aliphatic heterocycles. The summed E-state index contributed by atoms with van der Waals surface area (Å²) in [5.41, 5.74) is 3.52. The average molecular weight is 297 g/mol. The summed E-state index contributed by atoms with van der Waals surface area (Å²) < 4.78 is 5.54. The number of anilines is 1. The molecule has 0 bridgehead atoms. The third-order valence-electron chi connectivity index (χ3n) is 4.25. The van der Waals surface area contributed by atoms with Crippen LogP contribution in [-0.4, -0.2) is 34.7 Å². The zero-order chi connectivity index (χ0) is 15.7. The Kier molecular flexibility index (Phi) is 3.82. The Morgan fingerprint density at radius 1 is 1.41 bits per heavy atom. The number of ether oxygens (including phenoxy) is 1. The highest BCUT2D eigenvalue weighted by Gasteiger charge is 2.35. The number of pyridine rings is 1. The molecule has 2 aromatic heterocycles. The van der Waals surface area contributed by atoms with Crippen LogP contribution in [0.15, 0.2) is 18.3 Å². The lowest BCUT2D eigenvalue weighted by molar-refractivity contribution is 0.118. The van der Waals surface area contributed by atoms with Crippen molar-refractivity contribution in [3.05, 3.63) is 41.2 Å². The van der Waals surface area contributed by atoms with Crippen LogP contribution < -0.4 is 4.90 Å². The van der Waals surface area contributed by atoms with Crippen molar-refractivity contribution >= 4 is 5.69 Å². The number of imidazole rings is 1. The SMILES string of the molecule is CO[C@@H]1C[C@@H](c2nc(C)c(C)[nH]2)N(c2ccc(C#N)nc2)C1. The minimum absolute atomic E-state index is 0.132. The number of H-pyrrole nitrogens is 1. The molecule has 2 atom stereocenters. The molecule has 3 rings (SSSR count). The first-order valence-corrected chi connectivity index (χ1v) is 7.31. The van der Waals surface area contributed by atoms with E-state index in [1.165, 1.54) is 0 Å². The summed E-state index contributed by atoms with van der Waals surface area (Å²) in [5, 5.41) is 8.88. The van der Waals surface area contributed by atoms with Gasteiger partial charge in [0.25, 0.3) is 0 Å². The van der Waals surface area contributed by atoms with Crippen molar-refractivity contribution in [2.45, 2.75) is 32.4 Å². The Labute approximate surface area is 129 Å². The number of hydrogen-bond acceptors (Lipinski definition) is 5. The zero-order valence-corrected chi connectivity index (χ0v) is 13.0. The second-order valence-corrected chi connectivity index (χ2v) is 5.61. The van der Waals surface area contributed by atoms with Gasteiger partial charge in [0, 0.05) is 25.8 Å². The number of aryl methyl sites for hydroxylation is 2. The third kappa shape index (κ3) is 2.55. The number of aromatic amines is 1. The fraction of sp³-hybridized carbons (Fsp3) is 0.438. The molecule has 0 unspecified atom stereocenters. The zero-order valence-electron chi connectivity index (χ0n) is 13.0. The van der Waals surface area contributed by atoms with E-state index in [4.69, 9.17) is 10.00 Å². The Morgan fingerprint density at radius 3 is 2.77 bits per heavy atom. The van der Waals surface area contributed by atoms with E-state index >= 15 is 0 Å². The molecule has 2 aromatic rings. The van der Waals surface area contributed by atoms with Gasteiger partial charge in [-0.1, -0.05) is 0 Å². The maximum Gasteiger partial charge on any atom is 0.140 e. The first kappa shape index (κ1) is 14.5. The molecule has 22 heavy (non-hydrogen) atoms. The molecule has 0 radical (unpaired) electrons. The van der Waals surface area contributed by atoms with Crippen molar-refractivity contribution in [3.8, 4) is 6.07 Å². The van der Waals surface area contributed by atoms with Gasteiger partial charge in [-0.25, -0.2) is 9.97 Å². The van der Waals surface area contributed by atoms with Gasteiger partial charge in [-0.3, -0.25) is 0 Å². The van der Waals surface area contributed by atoms with E-state index in [2.05, 4.69) is 19.9 Å². The number of rotatable bonds is 3. The monoisotopic (exact) mass is 297 g/mol. The third-order valence-corrected chi connectivity index (χ3v) is 4.25. The van der Waals surface area contributed by atoms with Crippen molar-refractivity contribution in [2.75, 3.05) is 18.6 Å². The fourth-order valence-electron chi connectivity index (χ4n) is 2.87. The van der Waals surface area contributed by atoms with E-state index < -0.39 is 0 Å². The summed E-state index contributed by atoms with van der Waals surface area (Å²) >= 11 is 0. The van der Waals surface area contributed by atoms with Crippen LogP contribution in [0.4, 0.5) is 5.69 Å². The lowest BCUT2D eigenvalue weighted by Gasteiger charge is -2.24. The van der Waals surface area contributed by atoms with Crippen molar-refractivity contribution in [1.29, 1.82) is 5.26 Å². The summed E-state index contributed by atoms with van der Waals surface area (Å²) in [4.78, 5) is 14.4. The van der Waals surface area contributed by atoms with E-state index in [0.29, 0.717) is 5.69 Å². The van der Waals surface area contributed by atoms with Crippen LogP contribution in [0.25, 0.3) is 0 Å². The quantitative estimate of drug-likeness (QED) is 0.940. The van der Waals surface area contributed by atoms with Gasteiger partial charge in [-0.15, -0.1) is 0 Å². The Balaban J connectivity index is 1.93. The first-order chi connectivity index (χ1) is 10.6. The van der Waals surface area contributed by atoms with Crippen LogP contribution >= 0.6 is 0 Å². The average Bonchev–Trinajstić information content (AvgIpc) is 3.11. The molecule has 0 spiro atoms. The fourth-order valence-corrected chi connectivity index (χ4v) is 2.87. The van der Waals surface area contributed by atoms with Crippen LogP contribution in [0.1, 0.15) is 35.4 Å². The summed E-state index contributed by atoms with van der Waals surface area (Å²) in [7, 11) is 1.74. The highest BCUT2D eigenvalue weighted by Crippen LogP contribution is 2.36. The Hall–Kier alpha value is -2.39. The lowest BCUT2D eigenvalue weighted by atomic mass is 10.2. The molecule has 1 saturated heterocycles. The predicted molar refractivity (Wildman–Crippen MR) is 82.5 cm³/mol. The molecule has 1 aliphatic rings. The number of hydrogen-bond donors (Lipinski definition) is 1. The smallest absolute Gasteiger partial charge is 0.140 e. The molecule has 114 valence electrons. The number of aromatic nitrogens is 3. The Morgan fingerprint density at radius 2 is 2.23 bits per heavy atom. The molecule has 6 nitrogen and oxygen atoms in total. The molecule has 3 heterocycles. The summed E-state index contributed by atoms with van der Waals surface area (Å²) in [6.45, 7) is 4.82. The largest absolute Gasteiger partial charge is 0.380 e. The minimum Gasteiger partial charge on any atom is -0.380 e. The molecule has 6 heteroatoms. The maximum atomic E-state index is 8.88. The maximum absolute atomic E-state index is 8.88. The number of nitrogens with zero attached hydrogens (tertiary/aromatic N) is 4. The molecule has 0 aromatic carbocycles. The van der Waals surface area contributed by atoms with E-state index in [9.17, 15) is 0 Å². The lowest BCUT2D eigenvalue weighted by Crippen LogP contribution is -2.25. The van der Waals surface area contributed by atoms with Gasteiger partial charge in [0.2, 0.25) is 0 Å². The molecule has 1 N–H and O–H groups in total. The van der Waals surface area contributed by atoms with Gasteiger partial charge < -0.3 is 14.6 Å². The molecule has 0 aliphatic carbocycles. The first-order valence-electron chi connectivity index (χ1n) is 7.31. The summed E-state index contributed by atoms with van der Waals surface area (Å²) in [5.74, 6) is 0.957. The van der Waals surface area contributed by atoms with Gasteiger partial charge in [-0.05, 0) is 26.0 Å². The van der Waals surface area contributed by atoms with Crippen LogP contribution in [0.2, 0.25) is 0 Å². The second-order valence-electron chi connectivity index (χ2n) is 5.61. The van der Waals surface area contributed by atoms with E-state index in [-0.39, 0.29) is 12.1 Å². The number of nitrogens with one attached hydrogen (secondary N) is 1. The minimum atomic E-state index is 0.132. The van der Waals surface area contributed by atoms with Crippen LogP contribution in [0.3, 0.4) is 0 Å². The van der Waals surface area contributed by atoms with Crippen molar-refractivity contribution < 1.29 is 4.74 Å². The van der Waals surface area contributed by atoms with E-state index in [1.54, 1.807) is 19.4 Å². The van der Waals surface area contributed by atoms with Crippen molar-refractivity contribution in [3.63, 3.8) is 0 Å². The number of methoxy groups -OCH3 is 1. The van der Waals surface area contributed by atoms with Gasteiger partial charge in [0.15, 0.2) is 0 Å². The summed E-state index contributed by atoms with van der Waals surface area (Å²) in [6, 6.07) is 5.85. The van der Waals surface area contributed by atoms with Crippen LogP contribution in [0, 0.1) is 25.2 Å². The van der Waals surface area contributed by atoms with E-state index in [0.717, 1.165) is 35.9 Å².